The zero-order chi connectivity index (χ0) is 21.8. The highest BCUT2D eigenvalue weighted by molar-refractivity contribution is 6.20. The van der Waals surface area contributed by atoms with Gasteiger partial charge >= 0.3 is 0 Å². The van der Waals surface area contributed by atoms with Crippen molar-refractivity contribution in [2.45, 2.75) is 6.04 Å². The average Bonchev–Trinajstić information content (AvgIpc) is 3.59. The maximum absolute atomic E-state index is 13.5. The summed E-state index contributed by atoms with van der Waals surface area (Å²) in [6, 6.07) is 18.3. The van der Waals surface area contributed by atoms with E-state index in [1.165, 1.54) is 11.2 Å². The number of nitrogens with zero attached hydrogens (tertiary/aromatic N) is 2. The Bertz CT molecular complexity index is 1470. The number of aromatic nitrogens is 2. The van der Waals surface area contributed by atoms with Gasteiger partial charge in [-0.1, -0.05) is 30.3 Å². The largest absolute Gasteiger partial charge is 0.503 e. The van der Waals surface area contributed by atoms with E-state index in [1.54, 1.807) is 36.4 Å². The van der Waals surface area contributed by atoms with Gasteiger partial charge in [0.15, 0.2) is 11.5 Å². The maximum atomic E-state index is 13.5. The maximum Gasteiger partial charge on any atom is 0.296 e. The Hall–Kier alpha value is -4.59. The quantitative estimate of drug-likeness (QED) is 0.404. The third-order valence-corrected chi connectivity index (χ3v) is 5.52. The lowest BCUT2D eigenvalue weighted by Crippen LogP contribution is -2.31. The van der Waals surface area contributed by atoms with Crippen LogP contribution in [0.15, 0.2) is 93.2 Å². The number of rotatable bonds is 4. The number of hydrogen-bond acceptors (Lipinski definition) is 6. The zero-order valence-corrected chi connectivity index (χ0v) is 16.5. The highest BCUT2D eigenvalue weighted by Crippen LogP contribution is 2.42. The molecule has 0 aliphatic carbocycles. The molecule has 2 N–H and O–H groups in total. The van der Waals surface area contributed by atoms with Crippen LogP contribution in [0.3, 0.4) is 0 Å². The summed E-state index contributed by atoms with van der Waals surface area (Å²) in [6.07, 6.45) is 1.44. The van der Waals surface area contributed by atoms with Gasteiger partial charge in [0.2, 0.25) is 11.7 Å². The number of fused-ring (bicyclic) bond motifs is 2. The van der Waals surface area contributed by atoms with Crippen molar-refractivity contribution in [3.63, 3.8) is 0 Å². The van der Waals surface area contributed by atoms with E-state index in [0.29, 0.717) is 22.4 Å². The molecule has 3 aromatic heterocycles. The van der Waals surface area contributed by atoms with E-state index in [4.69, 9.17) is 8.83 Å². The Labute approximate surface area is 180 Å². The molecule has 1 amide bonds. The minimum Gasteiger partial charge on any atom is -0.503 e. The molecule has 4 heterocycles. The summed E-state index contributed by atoms with van der Waals surface area (Å²) in [6.45, 7) is 0. The van der Waals surface area contributed by atoms with Crippen molar-refractivity contribution in [3.8, 4) is 0 Å². The van der Waals surface area contributed by atoms with Crippen LogP contribution >= 0.6 is 0 Å². The molecular weight excluding hydrogens is 410 g/mol. The van der Waals surface area contributed by atoms with Crippen molar-refractivity contribution in [1.29, 1.82) is 0 Å². The van der Waals surface area contributed by atoms with Gasteiger partial charge in [0.05, 0.1) is 22.9 Å². The van der Waals surface area contributed by atoms with Crippen molar-refractivity contribution >= 4 is 39.6 Å². The van der Waals surface area contributed by atoms with Gasteiger partial charge in [-0.15, -0.1) is 0 Å². The highest BCUT2D eigenvalue weighted by atomic mass is 16.3. The topological polar surface area (TPSA) is 113 Å². The number of anilines is 1. The summed E-state index contributed by atoms with van der Waals surface area (Å²) in [5.74, 6) is -1.52. The van der Waals surface area contributed by atoms with Crippen LogP contribution in [0.25, 0.3) is 22.0 Å². The molecule has 1 aliphatic heterocycles. The fourth-order valence-corrected chi connectivity index (χ4v) is 4.05. The lowest BCUT2D eigenvalue weighted by atomic mass is 9.99. The minimum atomic E-state index is -1.02. The second-order valence-corrected chi connectivity index (χ2v) is 7.41. The number of aromatic amines is 1. The molecule has 0 bridgehead atoms. The average molecular weight is 425 g/mol. The third-order valence-electron chi connectivity index (χ3n) is 5.52. The predicted octanol–water partition coefficient (Wildman–Crippen LogP) is 4.69. The normalized spacial score (nSPS) is 16.6. The van der Waals surface area contributed by atoms with E-state index in [-0.39, 0.29) is 17.3 Å². The second kappa shape index (κ2) is 6.71. The van der Waals surface area contributed by atoms with Crippen LogP contribution in [0.5, 0.6) is 0 Å². The first-order valence-corrected chi connectivity index (χ1v) is 9.90. The third kappa shape index (κ3) is 2.59. The molecule has 5 aromatic rings. The molecule has 2 aromatic carbocycles. The number of ketones is 1. The summed E-state index contributed by atoms with van der Waals surface area (Å²) in [4.78, 5) is 35.4. The van der Waals surface area contributed by atoms with Crippen molar-refractivity contribution in [2.75, 3.05) is 4.90 Å². The Morgan fingerprint density at radius 3 is 2.66 bits per heavy atom. The first-order chi connectivity index (χ1) is 15.6. The van der Waals surface area contributed by atoms with Crippen LogP contribution in [0.2, 0.25) is 0 Å². The monoisotopic (exact) mass is 425 g/mol. The fourth-order valence-electron chi connectivity index (χ4n) is 4.05. The van der Waals surface area contributed by atoms with Gasteiger partial charge in [0.1, 0.15) is 17.4 Å². The number of H-pyrrole nitrogens is 1. The van der Waals surface area contributed by atoms with E-state index in [2.05, 4.69) is 9.97 Å². The molecule has 156 valence electrons. The molecule has 0 saturated heterocycles. The summed E-state index contributed by atoms with van der Waals surface area (Å²) in [5, 5.41) is 11.5. The zero-order valence-electron chi connectivity index (χ0n) is 16.5. The highest BCUT2D eigenvalue weighted by Gasteiger charge is 2.48. The van der Waals surface area contributed by atoms with Crippen LogP contribution in [-0.2, 0) is 4.79 Å². The van der Waals surface area contributed by atoms with Crippen molar-refractivity contribution < 1.29 is 23.5 Å². The van der Waals surface area contributed by atoms with E-state index >= 15 is 0 Å². The number of para-hydroxylation sites is 3. The Balaban J connectivity index is 1.50. The smallest absolute Gasteiger partial charge is 0.296 e. The number of imidazole rings is 1. The molecule has 0 saturated carbocycles. The second-order valence-electron chi connectivity index (χ2n) is 7.41. The van der Waals surface area contributed by atoms with Gasteiger partial charge in [-0.05, 0) is 36.4 Å². The van der Waals surface area contributed by atoms with Gasteiger partial charge in [0, 0.05) is 5.39 Å². The molecule has 8 heteroatoms. The molecule has 6 rings (SSSR count). The number of Topliss-reactive ketones (excluding diaryl/α,β-unsaturated/α-hetero) is 1. The lowest BCUT2D eigenvalue weighted by Gasteiger charge is -2.21. The van der Waals surface area contributed by atoms with E-state index in [0.717, 1.165) is 5.39 Å². The Kier molecular flexibility index (Phi) is 3.82. The van der Waals surface area contributed by atoms with Gasteiger partial charge in [0.25, 0.3) is 5.91 Å². The van der Waals surface area contributed by atoms with Gasteiger partial charge in [-0.2, -0.15) is 0 Å². The van der Waals surface area contributed by atoms with E-state index < -0.39 is 23.5 Å². The first kappa shape index (κ1) is 18.2. The van der Waals surface area contributed by atoms with Crippen molar-refractivity contribution in [1.82, 2.24) is 9.97 Å². The number of furan rings is 2. The minimum absolute atomic E-state index is 0.0172. The molecular formula is C24H15N3O5. The van der Waals surface area contributed by atoms with Crippen LogP contribution in [0.4, 0.5) is 5.95 Å². The first-order valence-electron chi connectivity index (χ1n) is 9.90. The van der Waals surface area contributed by atoms with Crippen LogP contribution in [0.1, 0.15) is 22.4 Å². The van der Waals surface area contributed by atoms with Crippen LogP contribution in [-0.4, -0.2) is 26.8 Å². The SMILES string of the molecule is O=C(C1=C(O)C(=O)N(c2nc3ccccc3[nH]2)C1c1ccco1)c1cc2ccccc2o1. The van der Waals surface area contributed by atoms with Crippen molar-refractivity contribution in [2.24, 2.45) is 0 Å². The van der Waals surface area contributed by atoms with Gasteiger partial charge in [-0.25, -0.2) is 4.98 Å². The number of hydrogen-bond donors (Lipinski definition) is 2. The molecule has 32 heavy (non-hydrogen) atoms. The van der Waals surface area contributed by atoms with Crippen LogP contribution in [0, 0.1) is 0 Å². The number of carbonyl (C=O) groups is 2. The summed E-state index contributed by atoms with van der Waals surface area (Å²) < 4.78 is 11.3. The van der Waals surface area contributed by atoms with Gasteiger partial charge < -0.3 is 18.9 Å². The van der Waals surface area contributed by atoms with E-state index in [1.807, 2.05) is 30.3 Å². The molecule has 1 aliphatic rings. The number of amides is 1. The van der Waals surface area contributed by atoms with Gasteiger partial charge in [-0.3, -0.25) is 14.5 Å². The van der Waals surface area contributed by atoms with Crippen molar-refractivity contribution in [3.05, 3.63) is 95.8 Å². The molecule has 0 radical (unpaired) electrons. The standard InChI is InChI=1S/C24H15N3O5/c28-21(18-12-13-6-1-4-9-16(13)32-18)19-20(17-10-5-11-31-17)27(23(30)22(19)29)24-25-14-7-2-3-8-15(14)26-24/h1-12,20,29H,(H,25,26). The summed E-state index contributed by atoms with van der Waals surface area (Å²) in [7, 11) is 0. The lowest BCUT2D eigenvalue weighted by molar-refractivity contribution is -0.117. The molecule has 0 fully saturated rings. The molecule has 0 spiro atoms. The molecule has 8 nitrogen and oxygen atoms in total. The Morgan fingerprint density at radius 1 is 1.06 bits per heavy atom. The Morgan fingerprint density at radius 2 is 1.88 bits per heavy atom. The number of carbonyl (C=O) groups excluding carboxylic acids is 2. The number of nitrogens with one attached hydrogen (secondary N) is 1. The number of benzene rings is 2. The molecule has 1 atom stereocenters. The molecule has 1 unspecified atom stereocenters. The predicted molar refractivity (Wildman–Crippen MR) is 115 cm³/mol. The van der Waals surface area contributed by atoms with Crippen LogP contribution < -0.4 is 4.90 Å². The number of aliphatic hydroxyl groups is 1. The summed E-state index contributed by atoms with van der Waals surface area (Å²) in [5.41, 5.74) is 1.75. The van der Waals surface area contributed by atoms with E-state index in [9.17, 15) is 14.7 Å². The fraction of sp³-hybridized carbons (Fsp3) is 0.0417. The summed E-state index contributed by atoms with van der Waals surface area (Å²) >= 11 is 0. The number of aliphatic hydroxyl groups excluding tert-OH is 1.